The van der Waals surface area contributed by atoms with Crippen molar-refractivity contribution in [2.45, 2.75) is 49.5 Å². The highest BCUT2D eigenvalue weighted by molar-refractivity contribution is 5.39. The van der Waals surface area contributed by atoms with Crippen molar-refractivity contribution in [1.29, 1.82) is 0 Å². The van der Waals surface area contributed by atoms with Crippen LogP contribution in [0.25, 0.3) is 0 Å². The SMILES string of the molecule is COc1ccc(Cc2ccccc2O[C@@H]2OC3(CC3)[C@@H](O)[C@H](O)[C@H]2O)cc1. The van der Waals surface area contributed by atoms with Gasteiger partial charge in [0.05, 0.1) is 7.11 Å². The largest absolute Gasteiger partial charge is 0.497 e. The number of para-hydroxylation sites is 1. The molecule has 4 rings (SSSR count). The molecule has 2 aromatic carbocycles. The standard InChI is InChI=1S/C21H24O6/c1-25-15-8-6-13(7-9-15)12-14-4-2-3-5-16(14)26-20-18(23)17(22)19(24)21(27-20)10-11-21/h2-9,17-20,22-24H,10-12H2,1H3/t17-,18-,19+,20-/m1/s1. The lowest BCUT2D eigenvalue weighted by atomic mass is 9.97. The summed E-state index contributed by atoms with van der Waals surface area (Å²) in [6, 6.07) is 15.3. The van der Waals surface area contributed by atoms with Crippen LogP contribution in [-0.2, 0) is 11.2 Å². The first-order valence-corrected chi connectivity index (χ1v) is 9.12. The van der Waals surface area contributed by atoms with E-state index in [1.165, 1.54) is 0 Å². The van der Waals surface area contributed by atoms with Crippen LogP contribution in [0.2, 0.25) is 0 Å². The molecule has 0 aromatic heterocycles. The van der Waals surface area contributed by atoms with Crippen LogP contribution in [0.3, 0.4) is 0 Å². The third-order valence-corrected chi connectivity index (χ3v) is 5.35. The molecule has 27 heavy (non-hydrogen) atoms. The minimum atomic E-state index is -1.32. The number of methoxy groups -OCH3 is 1. The molecule has 4 atom stereocenters. The van der Waals surface area contributed by atoms with Gasteiger partial charge in [-0.15, -0.1) is 0 Å². The third-order valence-electron chi connectivity index (χ3n) is 5.35. The molecule has 0 bridgehead atoms. The minimum absolute atomic E-state index is 0.580. The summed E-state index contributed by atoms with van der Waals surface area (Å²) < 4.78 is 16.9. The highest BCUT2D eigenvalue weighted by atomic mass is 16.7. The molecular formula is C21H24O6. The molecule has 3 N–H and O–H groups in total. The van der Waals surface area contributed by atoms with E-state index in [1.54, 1.807) is 7.11 Å². The molecule has 0 radical (unpaired) electrons. The van der Waals surface area contributed by atoms with Gasteiger partial charge in [0.2, 0.25) is 6.29 Å². The van der Waals surface area contributed by atoms with Gasteiger partial charge in [-0.1, -0.05) is 30.3 Å². The lowest BCUT2D eigenvalue weighted by Gasteiger charge is -2.41. The van der Waals surface area contributed by atoms with E-state index in [9.17, 15) is 15.3 Å². The van der Waals surface area contributed by atoms with Gasteiger partial charge in [0.1, 0.15) is 35.4 Å². The van der Waals surface area contributed by atoms with Gasteiger partial charge >= 0.3 is 0 Å². The monoisotopic (exact) mass is 372 g/mol. The summed E-state index contributed by atoms with van der Waals surface area (Å²) in [4.78, 5) is 0. The Morgan fingerprint density at radius 3 is 2.37 bits per heavy atom. The fourth-order valence-corrected chi connectivity index (χ4v) is 3.51. The minimum Gasteiger partial charge on any atom is -0.497 e. The van der Waals surface area contributed by atoms with Crippen LogP contribution in [0.5, 0.6) is 11.5 Å². The summed E-state index contributed by atoms with van der Waals surface area (Å²) in [5.74, 6) is 1.38. The van der Waals surface area contributed by atoms with Gasteiger partial charge in [-0.2, -0.15) is 0 Å². The molecule has 2 aliphatic rings. The van der Waals surface area contributed by atoms with Gasteiger partial charge in [0, 0.05) is 6.42 Å². The number of benzene rings is 2. The molecule has 2 fully saturated rings. The van der Waals surface area contributed by atoms with E-state index in [-0.39, 0.29) is 0 Å². The summed E-state index contributed by atoms with van der Waals surface area (Å²) in [6.45, 7) is 0. The second-order valence-electron chi connectivity index (χ2n) is 7.23. The lowest BCUT2D eigenvalue weighted by molar-refractivity contribution is -0.282. The molecule has 1 spiro atoms. The lowest BCUT2D eigenvalue weighted by Crippen LogP contribution is -2.60. The Morgan fingerprint density at radius 1 is 1.00 bits per heavy atom. The van der Waals surface area contributed by atoms with E-state index in [0.717, 1.165) is 16.9 Å². The molecule has 6 heteroatoms. The third kappa shape index (κ3) is 3.53. The van der Waals surface area contributed by atoms with Crippen LogP contribution in [0.15, 0.2) is 48.5 Å². The summed E-state index contributed by atoms with van der Waals surface area (Å²) in [6.07, 6.45) is -2.80. The van der Waals surface area contributed by atoms with Gasteiger partial charge in [-0.05, 0) is 42.2 Å². The number of hydrogen-bond acceptors (Lipinski definition) is 6. The Balaban J connectivity index is 1.52. The van der Waals surface area contributed by atoms with E-state index in [4.69, 9.17) is 14.2 Å². The maximum Gasteiger partial charge on any atom is 0.229 e. The zero-order valence-electron chi connectivity index (χ0n) is 15.1. The van der Waals surface area contributed by atoms with E-state index in [0.29, 0.717) is 25.0 Å². The Kier molecular flexibility index (Phi) is 4.82. The molecule has 1 aliphatic heterocycles. The summed E-state index contributed by atoms with van der Waals surface area (Å²) in [5, 5.41) is 30.6. The average Bonchev–Trinajstić information content (AvgIpc) is 3.47. The highest BCUT2D eigenvalue weighted by Crippen LogP contribution is 2.48. The van der Waals surface area contributed by atoms with Crippen molar-refractivity contribution < 1.29 is 29.5 Å². The molecular weight excluding hydrogens is 348 g/mol. The first-order chi connectivity index (χ1) is 13.0. The molecule has 1 saturated heterocycles. The fourth-order valence-electron chi connectivity index (χ4n) is 3.51. The van der Waals surface area contributed by atoms with E-state index in [2.05, 4.69) is 0 Å². The van der Waals surface area contributed by atoms with Crippen molar-refractivity contribution in [3.05, 3.63) is 59.7 Å². The van der Waals surface area contributed by atoms with Crippen LogP contribution >= 0.6 is 0 Å². The molecule has 1 aliphatic carbocycles. The maximum absolute atomic E-state index is 10.3. The summed E-state index contributed by atoms with van der Waals surface area (Å²) in [7, 11) is 1.63. The van der Waals surface area contributed by atoms with Gasteiger partial charge in [0.25, 0.3) is 0 Å². The van der Waals surface area contributed by atoms with Crippen LogP contribution in [-0.4, -0.2) is 52.6 Å². The van der Waals surface area contributed by atoms with Crippen LogP contribution in [0, 0.1) is 0 Å². The molecule has 0 amide bonds. The molecule has 144 valence electrons. The van der Waals surface area contributed by atoms with Crippen molar-refractivity contribution in [2.75, 3.05) is 7.11 Å². The normalized spacial score (nSPS) is 28.7. The molecule has 1 heterocycles. The predicted octanol–water partition coefficient (Wildman–Crippen LogP) is 1.64. The number of rotatable bonds is 5. The predicted molar refractivity (Wildman–Crippen MR) is 97.7 cm³/mol. The van der Waals surface area contributed by atoms with Crippen LogP contribution in [0.4, 0.5) is 0 Å². The van der Waals surface area contributed by atoms with E-state index >= 15 is 0 Å². The Hall–Kier alpha value is -2.12. The van der Waals surface area contributed by atoms with Crippen molar-refractivity contribution in [3.8, 4) is 11.5 Å². The van der Waals surface area contributed by atoms with E-state index < -0.39 is 30.2 Å². The average molecular weight is 372 g/mol. The van der Waals surface area contributed by atoms with Gasteiger partial charge in [-0.3, -0.25) is 0 Å². The molecule has 2 aromatic rings. The van der Waals surface area contributed by atoms with Crippen molar-refractivity contribution in [3.63, 3.8) is 0 Å². The molecule has 1 saturated carbocycles. The van der Waals surface area contributed by atoms with Gasteiger partial charge < -0.3 is 29.5 Å². The first-order valence-electron chi connectivity index (χ1n) is 9.12. The summed E-state index contributed by atoms with van der Waals surface area (Å²) in [5.41, 5.74) is 1.23. The number of ether oxygens (including phenoxy) is 3. The van der Waals surface area contributed by atoms with Crippen molar-refractivity contribution in [1.82, 2.24) is 0 Å². The summed E-state index contributed by atoms with van der Waals surface area (Å²) >= 11 is 0. The molecule has 6 nitrogen and oxygen atoms in total. The highest BCUT2D eigenvalue weighted by Gasteiger charge is 2.61. The van der Waals surface area contributed by atoms with E-state index in [1.807, 2.05) is 48.5 Å². The zero-order valence-corrected chi connectivity index (χ0v) is 15.1. The quantitative estimate of drug-likeness (QED) is 0.740. The number of aliphatic hydroxyl groups is 3. The Bertz CT molecular complexity index is 786. The first kappa shape index (κ1) is 18.3. The fraction of sp³-hybridized carbons (Fsp3) is 0.429. The Labute approximate surface area is 157 Å². The van der Waals surface area contributed by atoms with Crippen LogP contribution in [0.1, 0.15) is 24.0 Å². The second kappa shape index (κ2) is 7.13. The molecule has 0 unspecified atom stereocenters. The van der Waals surface area contributed by atoms with Crippen LogP contribution < -0.4 is 9.47 Å². The van der Waals surface area contributed by atoms with Gasteiger partial charge in [-0.25, -0.2) is 0 Å². The smallest absolute Gasteiger partial charge is 0.229 e. The number of aliphatic hydroxyl groups excluding tert-OH is 3. The maximum atomic E-state index is 10.3. The zero-order chi connectivity index (χ0) is 19.0. The number of hydrogen-bond donors (Lipinski definition) is 3. The van der Waals surface area contributed by atoms with Gasteiger partial charge in [0.15, 0.2) is 0 Å². The Morgan fingerprint density at radius 2 is 1.70 bits per heavy atom. The van der Waals surface area contributed by atoms with Crippen molar-refractivity contribution in [2.24, 2.45) is 0 Å². The topological polar surface area (TPSA) is 88.4 Å². The van der Waals surface area contributed by atoms with Crippen molar-refractivity contribution >= 4 is 0 Å². The second-order valence-corrected chi connectivity index (χ2v) is 7.23.